The normalized spacial score (nSPS) is 19.6. The van der Waals surface area contributed by atoms with Crippen molar-refractivity contribution in [1.82, 2.24) is 0 Å². The highest BCUT2D eigenvalue weighted by Gasteiger charge is 2.23. The van der Waals surface area contributed by atoms with Crippen molar-refractivity contribution in [2.45, 2.75) is 0 Å². The molecule has 0 fully saturated rings. The number of hydrogen-bond donors (Lipinski definition) is 1. The Morgan fingerprint density at radius 1 is 1.12 bits per heavy atom. The first-order valence-electron chi connectivity index (χ1n) is 5.10. The molecule has 5 heteroatoms. The van der Waals surface area contributed by atoms with Crippen molar-refractivity contribution < 1.29 is 9.68 Å². The summed E-state index contributed by atoms with van der Waals surface area (Å²) in [5, 5.41) is 10.1. The Morgan fingerprint density at radius 2 is 1.76 bits per heavy atom. The lowest BCUT2D eigenvalue weighted by atomic mass is 10.1. The van der Waals surface area contributed by atoms with Gasteiger partial charge in [-0.25, -0.2) is 4.58 Å². The third-order valence-corrected chi connectivity index (χ3v) is 6.34. The van der Waals surface area contributed by atoms with E-state index in [4.69, 9.17) is 0 Å². The molecule has 0 aromatic heterocycles. The van der Waals surface area contributed by atoms with Crippen molar-refractivity contribution in [2.24, 2.45) is 0 Å². The van der Waals surface area contributed by atoms with Crippen LogP contribution in [-0.2, 0) is 0 Å². The van der Waals surface area contributed by atoms with E-state index in [9.17, 15) is 5.11 Å². The van der Waals surface area contributed by atoms with Gasteiger partial charge in [0, 0.05) is 12.2 Å². The fraction of sp³-hybridized carbons (Fsp3) is 0.250. The predicted molar refractivity (Wildman–Crippen MR) is 80.8 cm³/mol. The first-order valence-corrected chi connectivity index (χ1v) is 8.47. The molecule has 17 heavy (non-hydrogen) atoms. The van der Waals surface area contributed by atoms with Gasteiger partial charge in [0.15, 0.2) is 11.5 Å². The van der Waals surface area contributed by atoms with Crippen molar-refractivity contribution in [3.63, 3.8) is 0 Å². The molecule has 2 nitrogen and oxygen atoms in total. The van der Waals surface area contributed by atoms with Crippen molar-refractivity contribution in [3.05, 3.63) is 44.8 Å². The molecule has 0 aromatic carbocycles. The summed E-state index contributed by atoms with van der Waals surface area (Å²) in [6, 6.07) is 0. The third kappa shape index (κ3) is 2.67. The topological polar surface area (TPSA) is 23.2 Å². The Balaban J connectivity index is 2.34. The number of thioether (sulfide) groups is 1. The standard InChI is InChI=1S/C12H13NOS3/c1-13(2)9-6-4-8(5-7-9)11-10(14)12(15-3)17-16-11/h4-7H,1-3H3/p+1. The fourth-order valence-electron chi connectivity index (χ4n) is 1.48. The van der Waals surface area contributed by atoms with Crippen LogP contribution in [0.5, 0.6) is 0 Å². The number of hydrogen-bond acceptors (Lipinski definition) is 4. The van der Waals surface area contributed by atoms with Gasteiger partial charge in [-0.05, 0) is 45.6 Å². The van der Waals surface area contributed by atoms with Gasteiger partial charge in [-0.3, -0.25) is 0 Å². The molecular formula is C12H14NOS3+. The van der Waals surface area contributed by atoms with Crippen molar-refractivity contribution in [3.8, 4) is 0 Å². The molecule has 2 rings (SSSR count). The van der Waals surface area contributed by atoms with E-state index in [1.807, 2.05) is 20.4 Å². The summed E-state index contributed by atoms with van der Waals surface area (Å²) >= 11 is 1.59. The van der Waals surface area contributed by atoms with E-state index in [1.54, 1.807) is 33.3 Å². The number of rotatable bonds is 1. The summed E-state index contributed by atoms with van der Waals surface area (Å²) in [5.74, 6) is 0.421. The summed E-state index contributed by atoms with van der Waals surface area (Å²) in [6.07, 6.45) is 10.2. The molecule has 0 amide bonds. The van der Waals surface area contributed by atoms with Gasteiger partial charge in [0.05, 0.1) is 9.14 Å². The van der Waals surface area contributed by atoms with Gasteiger partial charge in [-0.2, -0.15) is 0 Å². The quantitative estimate of drug-likeness (QED) is 0.587. The Kier molecular flexibility index (Phi) is 4.12. The van der Waals surface area contributed by atoms with Gasteiger partial charge < -0.3 is 5.11 Å². The molecule has 0 radical (unpaired) electrons. The maximum atomic E-state index is 10.1. The van der Waals surface area contributed by atoms with Gasteiger partial charge in [-0.1, -0.05) is 0 Å². The zero-order chi connectivity index (χ0) is 12.4. The van der Waals surface area contributed by atoms with Crippen LogP contribution < -0.4 is 0 Å². The maximum Gasteiger partial charge on any atom is 0.199 e. The van der Waals surface area contributed by atoms with Crippen LogP contribution in [0.15, 0.2) is 44.8 Å². The fourth-order valence-corrected chi connectivity index (χ4v) is 5.09. The summed E-state index contributed by atoms with van der Waals surface area (Å²) in [6.45, 7) is 0. The van der Waals surface area contributed by atoms with Crippen molar-refractivity contribution in [2.75, 3.05) is 20.4 Å². The molecule has 1 aliphatic carbocycles. The minimum absolute atomic E-state index is 0.421. The van der Waals surface area contributed by atoms with Crippen LogP contribution in [0.1, 0.15) is 0 Å². The Morgan fingerprint density at radius 3 is 2.24 bits per heavy atom. The highest BCUT2D eigenvalue weighted by molar-refractivity contribution is 8.82. The number of allylic oxidation sites excluding steroid dienone is 5. The van der Waals surface area contributed by atoms with Crippen LogP contribution in [0.2, 0.25) is 0 Å². The lowest BCUT2D eigenvalue weighted by Gasteiger charge is -2.05. The first kappa shape index (κ1) is 12.9. The summed E-state index contributed by atoms with van der Waals surface area (Å²) in [5.41, 5.74) is 2.24. The zero-order valence-corrected chi connectivity index (χ0v) is 12.4. The summed E-state index contributed by atoms with van der Waals surface area (Å²) in [4.78, 5) is 0.963. The minimum atomic E-state index is 0.421. The van der Waals surface area contributed by atoms with Gasteiger partial charge >= 0.3 is 0 Å². The molecule has 0 aromatic rings. The lowest BCUT2D eigenvalue weighted by Crippen LogP contribution is -2.09. The van der Waals surface area contributed by atoms with E-state index < -0.39 is 0 Å². The second kappa shape index (κ2) is 5.42. The Hall–Kier alpha value is -0.520. The molecule has 0 unspecified atom stereocenters. The van der Waals surface area contributed by atoms with Gasteiger partial charge in [0.2, 0.25) is 0 Å². The molecule has 0 saturated heterocycles. The third-order valence-electron chi connectivity index (χ3n) is 2.44. The molecule has 0 atom stereocenters. The van der Waals surface area contributed by atoms with Crippen LogP contribution in [0.25, 0.3) is 0 Å². The van der Waals surface area contributed by atoms with Gasteiger partial charge in [0.25, 0.3) is 0 Å². The molecule has 90 valence electrons. The number of nitrogens with zero attached hydrogens (tertiary/aromatic N) is 1. The van der Waals surface area contributed by atoms with Crippen LogP contribution >= 0.6 is 33.3 Å². The Bertz CT molecular complexity index is 476. The van der Waals surface area contributed by atoms with Crippen LogP contribution in [-0.4, -0.2) is 35.7 Å². The first-order chi connectivity index (χ1) is 8.13. The number of aliphatic hydroxyl groups is 1. The van der Waals surface area contributed by atoms with Crippen LogP contribution in [0.4, 0.5) is 0 Å². The van der Waals surface area contributed by atoms with Crippen molar-refractivity contribution in [1.29, 1.82) is 0 Å². The average Bonchev–Trinajstić information content (AvgIpc) is 2.70. The second-order valence-corrected chi connectivity index (χ2v) is 7.00. The van der Waals surface area contributed by atoms with E-state index in [0.29, 0.717) is 5.76 Å². The highest BCUT2D eigenvalue weighted by Crippen LogP contribution is 2.53. The smallest absolute Gasteiger partial charge is 0.199 e. The highest BCUT2D eigenvalue weighted by atomic mass is 33.1. The summed E-state index contributed by atoms with van der Waals surface area (Å²) in [7, 11) is 7.29. The van der Waals surface area contributed by atoms with E-state index in [0.717, 1.165) is 14.7 Å². The van der Waals surface area contributed by atoms with E-state index in [2.05, 4.69) is 28.9 Å². The molecular weight excluding hydrogens is 270 g/mol. The van der Waals surface area contributed by atoms with Crippen molar-refractivity contribution >= 4 is 39.1 Å². The maximum absolute atomic E-state index is 10.1. The molecule has 1 heterocycles. The molecule has 2 aliphatic rings. The monoisotopic (exact) mass is 284 g/mol. The zero-order valence-electron chi connectivity index (χ0n) is 9.93. The van der Waals surface area contributed by atoms with Gasteiger partial charge in [0.1, 0.15) is 14.1 Å². The Labute approximate surface area is 114 Å². The van der Waals surface area contributed by atoms with Crippen LogP contribution in [0, 0.1) is 0 Å². The van der Waals surface area contributed by atoms with E-state index in [1.165, 1.54) is 5.71 Å². The van der Waals surface area contributed by atoms with Gasteiger partial charge in [-0.15, -0.1) is 11.8 Å². The van der Waals surface area contributed by atoms with E-state index in [-0.39, 0.29) is 0 Å². The second-order valence-electron chi connectivity index (χ2n) is 3.78. The minimum Gasteiger partial charge on any atom is -0.505 e. The summed E-state index contributed by atoms with van der Waals surface area (Å²) < 4.78 is 3.05. The lowest BCUT2D eigenvalue weighted by molar-refractivity contribution is -0.462. The number of aliphatic hydroxyl groups excluding tert-OH is 1. The predicted octanol–water partition coefficient (Wildman–Crippen LogP) is 3.56. The van der Waals surface area contributed by atoms with Crippen LogP contribution in [0.3, 0.4) is 0 Å². The molecule has 0 bridgehead atoms. The largest absolute Gasteiger partial charge is 0.505 e. The molecule has 1 N–H and O–H groups in total. The molecule has 0 saturated carbocycles. The van der Waals surface area contributed by atoms with E-state index >= 15 is 0 Å². The average molecular weight is 284 g/mol. The SMILES string of the molecule is CSC1=C(O)C(=C2C=CC(=[N+](C)C)C=C2)SS1. The molecule has 0 spiro atoms. The molecule has 1 aliphatic heterocycles.